The number of aromatic nitrogens is 1. The van der Waals surface area contributed by atoms with Gasteiger partial charge in [-0.2, -0.15) is 0 Å². The molecule has 0 bridgehead atoms. The van der Waals surface area contributed by atoms with E-state index in [0.717, 1.165) is 16.3 Å². The van der Waals surface area contributed by atoms with Crippen LogP contribution in [0.25, 0.3) is 0 Å². The molecule has 1 N–H and O–H groups in total. The lowest BCUT2D eigenvalue weighted by Gasteiger charge is -2.18. The highest BCUT2D eigenvalue weighted by Gasteiger charge is 2.30. The summed E-state index contributed by atoms with van der Waals surface area (Å²) in [6, 6.07) is 7.21. The second kappa shape index (κ2) is 7.52. The first-order valence-electron chi connectivity index (χ1n) is 8.08. The zero-order valence-electron chi connectivity index (χ0n) is 14.2. The van der Waals surface area contributed by atoms with Crippen LogP contribution in [0.1, 0.15) is 11.8 Å². The van der Waals surface area contributed by atoms with Crippen molar-refractivity contribution in [3.8, 4) is 5.75 Å². The summed E-state index contributed by atoms with van der Waals surface area (Å²) in [7, 11) is 0. The van der Waals surface area contributed by atoms with Crippen LogP contribution in [0.15, 0.2) is 30.5 Å². The fourth-order valence-corrected chi connectivity index (χ4v) is 3.28. The maximum Gasteiger partial charge on any atom is 0.325 e. The Morgan fingerprint density at radius 3 is 2.72 bits per heavy atom. The number of carbonyl (C=O) groups is 2. The first kappa shape index (κ1) is 17.2. The van der Waals surface area contributed by atoms with Gasteiger partial charge in [0.2, 0.25) is 5.91 Å². The minimum atomic E-state index is -0.240. The van der Waals surface area contributed by atoms with Gasteiger partial charge in [-0.25, -0.2) is 9.78 Å². The Balaban J connectivity index is 1.58. The van der Waals surface area contributed by atoms with Crippen LogP contribution < -0.4 is 15.0 Å². The molecule has 0 atom stereocenters. The molecule has 1 saturated heterocycles. The van der Waals surface area contributed by atoms with Gasteiger partial charge in [-0.05, 0) is 38.1 Å². The number of aryl methyl sites for hydroxylation is 1. The lowest BCUT2D eigenvalue weighted by atomic mass is 10.3. The maximum atomic E-state index is 12.5. The molecule has 1 aromatic carbocycles. The molecule has 0 aliphatic carbocycles. The number of urea groups is 1. The number of thiazole rings is 1. The molecule has 0 unspecified atom stereocenters. The van der Waals surface area contributed by atoms with Crippen LogP contribution in [0.3, 0.4) is 0 Å². The minimum absolute atomic E-state index is 0.0188. The van der Waals surface area contributed by atoms with Gasteiger partial charge in [0.15, 0.2) is 5.13 Å². The predicted octanol–water partition coefficient (Wildman–Crippen LogP) is 2.73. The lowest BCUT2D eigenvalue weighted by Crippen LogP contribution is -2.37. The number of amides is 3. The van der Waals surface area contributed by atoms with Crippen molar-refractivity contribution in [2.75, 3.05) is 36.5 Å². The quantitative estimate of drug-likeness (QED) is 0.859. The van der Waals surface area contributed by atoms with Gasteiger partial charge >= 0.3 is 6.03 Å². The predicted molar refractivity (Wildman–Crippen MR) is 97.4 cm³/mol. The third-order valence-corrected chi connectivity index (χ3v) is 4.58. The van der Waals surface area contributed by atoms with Crippen molar-refractivity contribution in [2.45, 2.75) is 13.8 Å². The smallest absolute Gasteiger partial charge is 0.325 e. The largest absolute Gasteiger partial charge is 0.494 e. The number of benzene rings is 1. The van der Waals surface area contributed by atoms with Gasteiger partial charge in [0.1, 0.15) is 12.3 Å². The van der Waals surface area contributed by atoms with Gasteiger partial charge in [0.05, 0.1) is 6.61 Å². The van der Waals surface area contributed by atoms with Crippen LogP contribution in [0.2, 0.25) is 0 Å². The van der Waals surface area contributed by atoms with Gasteiger partial charge in [-0.3, -0.25) is 9.69 Å². The van der Waals surface area contributed by atoms with Crippen molar-refractivity contribution >= 4 is 34.1 Å². The Morgan fingerprint density at radius 2 is 2.08 bits per heavy atom. The van der Waals surface area contributed by atoms with Crippen LogP contribution in [-0.2, 0) is 4.79 Å². The summed E-state index contributed by atoms with van der Waals surface area (Å²) in [5, 5.41) is 3.28. The molecule has 3 rings (SSSR count). The molecule has 0 spiro atoms. The van der Waals surface area contributed by atoms with Crippen molar-refractivity contribution in [2.24, 2.45) is 0 Å². The summed E-state index contributed by atoms with van der Waals surface area (Å²) in [5.41, 5.74) is 0.798. The molecule has 132 valence electrons. The molecule has 25 heavy (non-hydrogen) atoms. The van der Waals surface area contributed by atoms with E-state index < -0.39 is 0 Å². The fraction of sp³-hybridized carbons (Fsp3) is 0.353. The van der Waals surface area contributed by atoms with Gasteiger partial charge < -0.3 is 15.0 Å². The van der Waals surface area contributed by atoms with Crippen LogP contribution in [0, 0.1) is 6.92 Å². The van der Waals surface area contributed by atoms with E-state index in [1.165, 1.54) is 16.2 Å². The molecule has 1 fully saturated rings. The molecule has 2 heterocycles. The second-order valence-corrected chi connectivity index (χ2v) is 6.84. The van der Waals surface area contributed by atoms with Crippen molar-refractivity contribution < 1.29 is 14.3 Å². The number of ether oxygens (including phenoxy) is 1. The van der Waals surface area contributed by atoms with E-state index in [0.29, 0.717) is 24.8 Å². The molecule has 0 radical (unpaired) electrons. The number of nitrogens with zero attached hydrogens (tertiary/aromatic N) is 3. The Bertz CT molecular complexity index is 760. The van der Waals surface area contributed by atoms with Gasteiger partial charge in [0.25, 0.3) is 0 Å². The highest BCUT2D eigenvalue weighted by Crippen LogP contribution is 2.23. The highest BCUT2D eigenvalue weighted by molar-refractivity contribution is 7.15. The summed E-state index contributed by atoms with van der Waals surface area (Å²) < 4.78 is 5.41. The summed E-state index contributed by atoms with van der Waals surface area (Å²) in [5.74, 6) is 0.532. The third kappa shape index (κ3) is 4.08. The van der Waals surface area contributed by atoms with E-state index in [2.05, 4.69) is 10.3 Å². The molecule has 1 aliphatic heterocycles. The Morgan fingerprint density at radius 1 is 1.32 bits per heavy atom. The number of hydrogen-bond donors (Lipinski definition) is 1. The van der Waals surface area contributed by atoms with Crippen LogP contribution in [-0.4, -0.2) is 48.1 Å². The molecular formula is C17H20N4O3S. The van der Waals surface area contributed by atoms with Gasteiger partial charge in [0, 0.05) is 29.9 Å². The lowest BCUT2D eigenvalue weighted by molar-refractivity contribution is -0.116. The SMILES string of the molecule is CCOc1ccc(N2CCN(CC(=O)Nc3ncc(C)s3)C2=O)cc1. The van der Waals surface area contributed by atoms with E-state index in [9.17, 15) is 9.59 Å². The zero-order chi connectivity index (χ0) is 17.8. The molecular weight excluding hydrogens is 340 g/mol. The van der Waals surface area contributed by atoms with Crippen LogP contribution in [0.5, 0.6) is 5.75 Å². The van der Waals surface area contributed by atoms with Crippen LogP contribution in [0.4, 0.5) is 15.6 Å². The van der Waals surface area contributed by atoms with E-state index in [-0.39, 0.29) is 18.5 Å². The summed E-state index contributed by atoms with van der Waals surface area (Å²) in [6.45, 7) is 5.53. The van der Waals surface area contributed by atoms with Crippen molar-refractivity contribution in [1.82, 2.24) is 9.88 Å². The highest BCUT2D eigenvalue weighted by atomic mass is 32.1. The van der Waals surface area contributed by atoms with Crippen molar-refractivity contribution in [1.29, 1.82) is 0 Å². The minimum Gasteiger partial charge on any atom is -0.494 e. The Labute approximate surface area is 150 Å². The number of nitrogens with one attached hydrogen (secondary N) is 1. The van der Waals surface area contributed by atoms with Crippen LogP contribution >= 0.6 is 11.3 Å². The number of carbonyl (C=O) groups excluding carboxylic acids is 2. The molecule has 7 nitrogen and oxygen atoms in total. The summed E-state index contributed by atoms with van der Waals surface area (Å²) in [4.78, 5) is 33.0. The normalized spacial score (nSPS) is 14.1. The van der Waals surface area contributed by atoms with Gasteiger partial charge in [-0.1, -0.05) is 0 Å². The third-order valence-electron chi connectivity index (χ3n) is 3.76. The summed E-state index contributed by atoms with van der Waals surface area (Å²) in [6.07, 6.45) is 1.70. The average Bonchev–Trinajstić information content (AvgIpc) is 3.15. The number of anilines is 2. The second-order valence-electron chi connectivity index (χ2n) is 5.61. The fourth-order valence-electron chi connectivity index (χ4n) is 2.60. The monoisotopic (exact) mass is 360 g/mol. The average molecular weight is 360 g/mol. The molecule has 1 aliphatic rings. The van der Waals surface area contributed by atoms with E-state index >= 15 is 0 Å². The van der Waals surface area contributed by atoms with Gasteiger partial charge in [-0.15, -0.1) is 11.3 Å². The zero-order valence-corrected chi connectivity index (χ0v) is 15.0. The topological polar surface area (TPSA) is 74.8 Å². The first-order chi connectivity index (χ1) is 12.1. The molecule has 1 aromatic heterocycles. The van der Waals surface area contributed by atoms with E-state index in [1.54, 1.807) is 11.1 Å². The van der Waals surface area contributed by atoms with Crippen molar-refractivity contribution in [3.63, 3.8) is 0 Å². The number of rotatable bonds is 6. The molecule has 0 saturated carbocycles. The van der Waals surface area contributed by atoms with Crippen molar-refractivity contribution in [3.05, 3.63) is 35.3 Å². The molecule has 3 amide bonds. The Hall–Kier alpha value is -2.61. The maximum absolute atomic E-state index is 12.5. The molecule has 2 aromatic rings. The van der Waals surface area contributed by atoms with E-state index in [1.807, 2.05) is 38.1 Å². The standard InChI is InChI=1S/C17H20N4O3S/c1-3-24-14-6-4-13(5-7-14)21-9-8-20(17(21)23)11-15(22)19-16-18-10-12(2)25-16/h4-7,10H,3,8-9,11H2,1-2H3,(H,18,19,22). The number of hydrogen-bond acceptors (Lipinski definition) is 5. The first-order valence-corrected chi connectivity index (χ1v) is 8.90. The Kier molecular flexibility index (Phi) is 5.18. The molecule has 8 heteroatoms. The van der Waals surface area contributed by atoms with E-state index in [4.69, 9.17) is 4.74 Å². The summed E-state index contributed by atoms with van der Waals surface area (Å²) >= 11 is 1.41.